The molecule has 0 fully saturated rings. The number of fused-ring (bicyclic) bond motifs is 2. The number of ether oxygens (including phenoxy) is 8. The van der Waals surface area contributed by atoms with E-state index in [-0.39, 0.29) is 13.2 Å². The highest BCUT2D eigenvalue weighted by molar-refractivity contribution is 5.94. The van der Waals surface area contributed by atoms with Gasteiger partial charge in [-0.2, -0.15) is 0 Å². The lowest BCUT2D eigenvalue weighted by molar-refractivity contribution is 0.0511. The first kappa shape index (κ1) is 51.9. The molecule has 0 bridgehead atoms. The van der Waals surface area contributed by atoms with Crippen molar-refractivity contribution < 1.29 is 47.5 Å². The van der Waals surface area contributed by atoms with Crippen LogP contribution in [0.25, 0.3) is 21.5 Å². The molecule has 0 aliphatic heterocycles. The summed E-state index contributed by atoms with van der Waals surface area (Å²) in [5.74, 6) is 14.5. The molecule has 10 nitrogen and oxygen atoms in total. The zero-order chi connectivity index (χ0) is 49.2. The number of hydrogen-bond donors (Lipinski definition) is 0. The molecule has 0 atom stereocenters. The predicted molar refractivity (Wildman–Crippen MR) is 276 cm³/mol. The summed E-state index contributed by atoms with van der Waals surface area (Å²) in [6.07, 6.45) is 8.36. The zero-order valence-corrected chi connectivity index (χ0v) is 40.4. The summed E-state index contributed by atoms with van der Waals surface area (Å²) in [5.41, 5.74) is 3.71. The lowest BCUT2D eigenvalue weighted by Gasteiger charge is -2.12. The molecule has 0 saturated heterocycles. The van der Waals surface area contributed by atoms with Gasteiger partial charge in [-0.3, -0.25) is 0 Å². The molecule has 0 amide bonds. The smallest absolute Gasteiger partial charge is 0.341 e. The van der Waals surface area contributed by atoms with Crippen molar-refractivity contribution in [2.75, 3.05) is 66.1 Å². The maximum atomic E-state index is 13.0. The molecule has 362 valence electrons. The first-order valence-corrected chi connectivity index (χ1v) is 24.0. The second-order valence-corrected chi connectivity index (χ2v) is 16.1. The average molecular weight is 943 g/mol. The van der Waals surface area contributed by atoms with Crippen molar-refractivity contribution in [3.05, 3.63) is 168 Å². The van der Waals surface area contributed by atoms with Crippen LogP contribution in [0.5, 0.6) is 23.0 Å². The fourth-order valence-corrected chi connectivity index (χ4v) is 7.23. The second kappa shape index (κ2) is 28.7. The van der Waals surface area contributed by atoms with Crippen LogP contribution in [0, 0.1) is 23.7 Å². The molecule has 70 heavy (non-hydrogen) atoms. The Labute approximate surface area is 412 Å². The summed E-state index contributed by atoms with van der Waals surface area (Å²) in [6.45, 7) is 15.7. The van der Waals surface area contributed by atoms with Crippen molar-refractivity contribution in [2.24, 2.45) is 0 Å². The number of rotatable bonds is 27. The summed E-state index contributed by atoms with van der Waals surface area (Å²) < 4.78 is 45.6. The molecule has 0 N–H and O–H groups in total. The van der Waals surface area contributed by atoms with Gasteiger partial charge in [-0.25, -0.2) is 9.59 Å². The van der Waals surface area contributed by atoms with Crippen LogP contribution >= 0.6 is 0 Å². The van der Waals surface area contributed by atoms with Gasteiger partial charge in [-0.15, -0.1) is 13.2 Å². The number of unbranched alkanes of at least 4 members (excludes halogenated alkanes) is 3. The quantitative estimate of drug-likeness (QED) is 0.0214. The van der Waals surface area contributed by atoms with Gasteiger partial charge in [0.2, 0.25) is 0 Å². The SMILES string of the molecule is C=CCOCCCOc1ccc2cc(C#Cc3ccc(OCCCCCCOc4ccc(C#Cc5ccc6cc(OCCCOCC=C)ccc6c5)cc4C(=O)OCC)c(C(=O)OCC)c3)ccc2c1. The number of benzene rings is 6. The Morgan fingerprint density at radius 3 is 1.21 bits per heavy atom. The molecule has 0 spiro atoms. The number of carbonyl (C=O) groups is 2. The van der Waals surface area contributed by atoms with E-state index in [2.05, 4.69) is 36.8 Å². The van der Waals surface area contributed by atoms with Crippen LogP contribution in [-0.4, -0.2) is 78.0 Å². The minimum absolute atomic E-state index is 0.239. The highest BCUT2D eigenvalue weighted by Crippen LogP contribution is 2.26. The number of carbonyl (C=O) groups excluding carboxylic acids is 2. The third kappa shape index (κ3) is 16.6. The van der Waals surface area contributed by atoms with Gasteiger partial charge in [0, 0.05) is 35.1 Å². The summed E-state index contributed by atoms with van der Waals surface area (Å²) in [4.78, 5) is 26.0. The predicted octanol–water partition coefficient (Wildman–Crippen LogP) is 12.1. The van der Waals surface area contributed by atoms with Crippen molar-refractivity contribution in [1.82, 2.24) is 0 Å². The summed E-state index contributed by atoms with van der Waals surface area (Å²) in [6, 6.07) is 34.7. The zero-order valence-electron chi connectivity index (χ0n) is 40.4. The number of hydrogen-bond acceptors (Lipinski definition) is 10. The van der Waals surface area contributed by atoms with Crippen LogP contribution < -0.4 is 18.9 Å². The molecule has 6 aromatic rings. The van der Waals surface area contributed by atoms with Crippen LogP contribution in [0.15, 0.2) is 135 Å². The molecule has 6 aromatic carbocycles. The van der Waals surface area contributed by atoms with E-state index in [4.69, 9.17) is 37.9 Å². The lowest BCUT2D eigenvalue weighted by atomic mass is 10.1. The standard InChI is InChI=1S/C60H62O10/c1-5-31-63-33-13-37-67-53-27-25-49-39-45(19-23-51(49)43-53)15-17-47-21-29-57(55(41-47)59(61)65-7-3)69-35-11-9-10-12-36-70-58-30-22-48(42-56(58)60(62)66-8-4)18-16-46-20-24-52-44-54(28-26-50(52)40-46)68-38-14-34-64-32-6-2/h5-6,19-30,39-44H,1-2,7-14,31-38H2,3-4H3. The summed E-state index contributed by atoms with van der Waals surface area (Å²) >= 11 is 0. The summed E-state index contributed by atoms with van der Waals surface area (Å²) in [5, 5.41) is 4.20. The van der Waals surface area contributed by atoms with Crippen LogP contribution in [0.3, 0.4) is 0 Å². The van der Waals surface area contributed by atoms with Crippen LogP contribution in [0.2, 0.25) is 0 Å². The van der Waals surface area contributed by atoms with E-state index in [1.165, 1.54) is 0 Å². The fourth-order valence-electron chi connectivity index (χ4n) is 7.23. The molecular weight excluding hydrogens is 881 g/mol. The van der Waals surface area contributed by atoms with Crippen LogP contribution in [0.1, 0.15) is 95.3 Å². The van der Waals surface area contributed by atoms with Crippen molar-refractivity contribution in [2.45, 2.75) is 52.4 Å². The van der Waals surface area contributed by atoms with Gasteiger partial charge < -0.3 is 37.9 Å². The fraction of sp³-hybridized carbons (Fsp3) is 0.300. The normalized spacial score (nSPS) is 10.6. The van der Waals surface area contributed by atoms with E-state index in [1.807, 2.05) is 84.9 Å². The molecule has 10 heteroatoms. The minimum Gasteiger partial charge on any atom is -0.493 e. The van der Waals surface area contributed by atoms with Crippen LogP contribution in [0.4, 0.5) is 0 Å². The highest BCUT2D eigenvalue weighted by atomic mass is 16.5. The number of esters is 2. The van der Waals surface area contributed by atoms with Gasteiger partial charge in [0.05, 0.1) is 66.1 Å². The van der Waals surface area contributed by atoms with E-state index < -0.39 is 11.9 Å². The molecule has 0 aromatic heterocycles. The van der Waals surface area contributed by atoms with E-state index in [9.17, 15) is 9.59 Å². The van der Waals surface area contributed by atoms with E-state index >= 15 is 0 Å². The topological polar surface area (TPSA) is 108 Å². The van der Waals surface area contributed by atoms with Gasteiger partial charge >= 0.3 is 11.9 Å². The van der Waals surface area contributed by atoms with E-state index in [1.54, 1.807) is 50.3 Å². The van der Waals surface area contributed by atoms with Gasteiger partial charge in [-0.1, -0.05) is 60.1 Å². The van der Waals surface area contributed by atoms with E-state index in [0.717, 1.165) is 82.7 Å². The molecular formula is C60H62O10. The molecule has 0 aliphatic carbocycles. The van der Waals surface area contributed by atoms with E-state index in [0.29, 0.717) is 86.6 Å². The lowest BCUT2D eigenvalue weighted by Crippen LogP contribution is -2.09. The Kier molecular flexibility index (Phi) is 21.3. The molecule has 6 rings (SSSR count). The third-order valence-corrected chi connectivity index (χ3v) is 10.7. The van der Waals surface area contributed by atoms with Gasteiger partial charge in [0.25, 0.3) is 0 Å². The first-order valence-electron chi connectivity index (χ1n) is 24.0. The maximum absolute atomic E-state index is 13.0. The first-order chi connectivity index (χ1) is 34.4. The highest BCUT2D eigenvalue weighted by Gasteiger charge is 2.16. The van der Waals surface area contributed by atoms with Crippen LogP contribution in [-0.2, 0) is 18.9 Å². The largest absolute Gasteiger partial charge is 0.493 e. The molecule has 0 aliphatic rings. The van der Waals surface area contributed by atoms with Crippen molar-refractivity contribution >= 4 is 33.5 Å². The van der Waals surface area contributed by atoms with Crippen molar-refractivity contribution in [3.8, 4) is 46.7 Å². The molecule has 0 saturated carbocycles. The Morgan fingerprint density at radius 1 is 0.429 bits per heavy atom. The summed E-state index contributed by atoms with van der Waals surface area (Å²) in [7, 11) is 0. The second-order valence-electron chi connectivity index (χ2n) is 16.1. The van der Waals surface area contributed by atoms with Crippen molar-refractivity contribution in [1.29, 1.82) is 0 Å². The molecule has 0 unspecified atom stereocenters. The Bertz CT molecular complexity index is 2630. The maximum Gasteiger partial charge on any atom is 0.341 e. The van der Waals surface area contributed by atoms with Gasteiger partial charge in [0.15, 0.2) is 0 Å². The van der Waals surface area contributed by atoms with Gasteiger partial charge in [-0.05, 0) is 146 Å². The third-order valence-electron chi connectivity index (χ3n) is 10.7. The molecule has 0 radical (unpaired) electrons. The molecule has 0 heterocycles. The Balaban J connectivity index is 0.964. The Hall–Kier alpha value is -7.50. The van der Waals surface area contributed by atoms with Crippen molar-refractivity contribution in [3.63, 3.8) is 0 Å². The monoisotopic (exact) mass is 942 g/mol. The average Bonchev–Trinajstić information content (AvgIpc) is 3.38. The Morgan fingerprint density at radius 2 is 0.800 bits per heavy atom. The minimum atomic E-state index is -0.461. The van der Waals surface area contributed by atoms with Gasteiger partial charge in [0.1, 0.15) is 34.1 Å².